The van der Waals surface area contributed by atoms with Gasteiger partial charge < -0.3 is 87.5 Å². The molecule has 3 amide bonds. The van der Waals surface area contributed by atoms with Gasteiger partial charge in [0.25, 0.3) is 5.91 Å². The number of nitrogens with zero attached hydrogens (tertiary/aromatic N) is 22. The van der Waals surface area contributed by atoms with Gasteiger partial charge in [-0.3, -0.25) is 19.4 Å². The van der Waals surface area contributed by atoms with Crippen LogP contribution in [0, 0.1) is 31.6 Å². The molecule has 8 aromatic rings. The number of ether oxygens (including phenoxy) is 3. The second-order valence-corrected chi connectivity index (χ2v) is 33.5. The Bertz CT molecular complexity index is 5440. The summed E-state index contributed by atoms with van der Waals surface area (Å²) in [6, 6.07) is 32.4. The fourth-order valence-corrected chi connectivity index (χ4v) is 19.0. The van der Waals surface area contributed by atoms with Gasteiger partial charge in [0.15, 0.2) is 0 Å². The van der Waals surface area contributed by atoms with Gasteiger partial charge in [-0.2, -0.15) is 43.1 Å². The lowest BCUT2D eigenvalue weighted by Gasteiger charge is -2.41. The van der Waals surface area contributed by atoms with Crippen molar-refractivity contribution in [2.75, 3.05) is 188 Å². The molecule has 9 aliphatic rings. The molecule has 4 aromatic carbocycles. The molecule has 6 fully saturated rings. The summed E-state index contributed by atoms with van der Waals surface area (Å²) in [5.74, 6) is 7.20. The molecule has 125 heavy (non-hydrogen) atoms. The van der Waals surface area contributed by atoms with Gasteiger partial charge in [0.2, 0.25) is 31.4 Å². The first-order valence-electron chi connectivity index (χ1n) is 43.5. The lowest BCUT2D eigenvalue weighted by atomic mass is 10.0. The predicted molar refractivity (Wildman–Crippen MR) is 477 cm³/mol. The number of hydrogen-bond donors (Lipinski definition) is 0. The number of amides is 3. The molecule has 0 N–H and O–H groups in total. The number of alkyl halides is 3. The van der Waals surface area contributed by atoms with Crippen LogP contribution in [0.5, 0.6) is 18.0 Å². The van der Waals surface area contributed by atoms with E-state index in [-0.39, 0.29) is 79.8 Å². The molecule has 0 bridgehead atoms. The number of hydrogen-bond acceptors (Lipinski definition) is 22. The van der Waals surface area contributed by atoms with Crippen LogP contribution in [-0.2, 0) is 59.5 Å². The number of piperidine rings is 1. The number of fused-ring (bicyclic) bond motifs is 5. The van der Waals surface area contributed by atoms with E-state index in [1.165, 1.54) is 76.6 Å². The number of halogens is 3. The number of pyridine rings is 1. The number of likely N-dealkylation sites (tertiary alicyclic amines) is 3. The summed E-state index contributed by atoms with van der Waals surface area (Å²) in [6.45, 7) is 44.8. The molecule has 31 heteroatoms. The van der Waals surface area contributed by atoms with Crippen LogP contribution in [0.15, 0.2) is 129 Å². The number of aromatic nitrogens is 7. The Hall–Kier alpha value is -12.4. The second kappa shape index (κ2) is 40.0. The summed E-state index contributed by atoms with van der Waals surface area (Å²) in [4.78, 5) is 107. The van der Waals surface area contributed by atoms with Crippen LogP contribution in [0.25, 0.3) is 36.1 Å². The molecular formula is C94H109F3N22O6. The topological polar surface area (TPSA) is 221 Å². The third kappa shape index (κ3) is 20.0. The lowest BCUT2D eigenvalue weighted by molar-refractivity contribution is -0.137. The highest BCUT2D eigenvalue weighted by Gasteiger charge is 2.42. The molecule has 28 nitrogen and oxygen atoms in total. The number of carbonyl (C=O) groups is 3. The SMILES string of the molecule is [C-]#[N+]CC1CN(c2nc(OC[C@@H]3CCCN3C)nc3c2CCN(c2cccc4ccccc24)C3)CCN1C(=O)C#CC.[C-]#[N+]C[C@H]1CN(c2nc(OC[C@@H]3CCCCN3C)nc3c2CCN(c2cccc4ccccc24)C3)CCN1C(=O)C=C.[C-]#[N+]C[C@H]1CN(c2nc(OC[C@@H]3CCCN3C)nc3c2CCN(c2ccncc2C(F)(F)F)C3)CCN1C(=O)C=C. The molecule has 0 saturated carbocycles. The molecule has 9 aliphatic heterocycles. The van der Waals surface area contributed by atoms with Crippen LogP contribution in [0.4, 0.5) is 47.7 Å². The third-order valence-corrected chi connectivity index (χ3v) is 25.9. The summed E-state index contributed by atoms with van der Waals surface area (Å²) in [5.41, 5.74) is 7.36. The lowest BCUT2D eigenvalue weighted by Crippen LogP contribution is -2.56. The molecule has 1 unspecified atom stereocenters. The Morgan fingerprint density at radius 1 is 0.464 bits per heavy atom. The van der Waals surface area contributed by atoms with Crippen LogP contribution < -0.4 is 43.6 Å². The number of rotatable bonds is 20. The van der Waals surface area contributed by atoms with Crippen LogP contribution in [0.1, 0.15) is 91.2 Å². The van der Waals surface area contributed by atoms with Crippen molar-refractivity contribution < 1.29 is 41.8 Å². The molecule has 6 atom stereocenters. The highest BCUT2D eigenvalue weighted by molar-refractivity contribution is 5.96. The van der Waals surface area contributed by atoms with Gasteiger partial charge >= 0.3 is 24.2 Å². The summed E-state index contributed by atoms with van der Waals surface area (Å²) in [7, 11) is 6.35. The van der Waals surface area contributed by atoms with Gasteiger partial charge in [-0.1, -0.05) is 98.3 Å². The molecule has 4 aromatic heterocycles. The van der Waals surface area contributed by atoms with E-state index in [2.05, 4.69) is 178 Å². The van der Waals surface area contributed by atoms with E-state index in [0.717, 1.165) is 117 Å². The van der Waals surface area contributed by atoms with Crippen molar-refractivity contribution in [1.29, 1.82) is 0 Å². The number of anilines is 6. The molecule has 0 aliphatic carbocycles. The fraction of sp³-hybridized carbons (Fsp3) is 0.479. The maximum atomic E-state index is 13.8. The van der Waals surface area contributed by atoms with E-state index in [9.17, 15) is 27.6 Å². The Labute approximate surface area is 729 Å². The van der Waals surface area contributed by atoms with Gasteiger partial charge in [0, 0.05) is 148 Å². The fourth-order valence-electron chi connectivity index (χ4n) is 19.0. The number of carbonyl (C=O) groups excluding carboxylic acids is 3. The van der Waals surface area contributed by atoms with E-state index in [4.69, 9.17) is 63.8 Å². The minimum Gasteiger partial charge on any atom is -0.462 e. The first-order chi connectivity index (χ1) is 60.8. The van der Waals surface area contributed by atoms with Crippen LogP contribution >= 0.6 is 0 Å². The Balaban J connectivity index is 0.000000145. The molecular weight excluding hydrogens is 1590 g/mol. The molecule has 0 spiro atoms. The zero-order valence-corrected chi connectivity index (χ0v) is 71.8. The highest BCUT2D eigenvalue weighted by atomic mass is 19.4. The maximum Gasteiger partial charge on any atom is 0.419 e. The Kier molecular flexibility index (Phi) is 28.0. The molecule has 13 heterocycles. The summed E-state index contributed by atoms with van der Waals surface area (Å²) in [6.07, 6.45) is 10.2. The van der Waals surface area contributed by atoms with Crippen molar-refractivity contribution in [3.05, 3.63) is 202 Å². The summed E-state index contributed by atoms with van der Waals surface area (Å²) in [5, 5.41) is 4.92. The smallest absolute Gasteiger partial charge is 0.419 e. The maximum absolute atomic E-state index is 13.8. The van der Waals surface area contributed by atoms with E-state index in [0.29, 0.717) is 140 Å². The molecule has 6 saturated heterocycles. The van der Waals surface area contributed by atoms with Gasteiger partial charge in [0.1, 0.15) is 55.4 Å². The van der Waals surface area contributed by atoms with E-state index in [1.807, 2.05) is 11.9 Å². The van der Waals surface area contributed by atoms with Crippen molar-refractivity contribution in [2.24, 2.45) is 0 Å². The second-order valence-electron chi connectivity index (χ2n) is 33.5. The highest BCUT2D eigenvalue weighted by Crippen LogP contribution is 2.42. The number of likely N-dealkylation sites (N-methyl/N-ethyl adjacent to an activating group) is 3. The van der Waals surface area contributed by atoms with Crippen LogP contribution in [0.3, 0.4) is 0 Å². The van der Waals surface area contributed by atoms with Crippen molar-refractivity contribution in [1.82, 2.24) is 64.3 Å². The van der Waals surface area contributed by atoms with Crippen LogP contribution in [-0.4, -0.2) is 277 Å². The predicted octanol–water partition coefficient (Wildman–Crippen LogP) is 10.9. The summed E-state index contributed by atoms with van der Waals surface area (Å²) >= 11 is 0. The van der Waals surface area contributed by atoms with Gasteiger partial charge in [-0.05, 0) is 153 Å². The molecule has 0 radical (unpaired) electrons. The quantitative estimate of drug-likeness (QED) is 0.0393. The first kappa shape index (κ1) is 87.5. The van der Waals surface area contributed by atoms with Gasteiger partial charge in [-0.15, -0.1) is 0 Å². The minimum atomic E-state index is -4.54. The average Bonchev–Trinajstić information content (AvgIpc) is 1.04. The van der Waals surface area contributed by atoms with E-state index >= 15 is 0 Å². The minimum absolute atomic E-state index is 0.0574. The van der Waals surface area contributed by atoms with E-state index in [1.54, 1.807) is 26.5 Å². The van der Waals surface area contributed by atoms with E-state index < -0.39 is 11.7 Å². The monoisotopic (exact) mass is 1700 g/mol. The van der Waals surface area contributed by atoms with Crippen molar-refractivity contribution >= 4 is 73.8 Å². The third-order valence-electron chi connectivity index (χ3n) is 25.9. The molecule has 17 rings (SSSR count). The average molecular weight is 1700 g/mol. The number of benzene rings is 4. The van der Waals surface area contributed by atoms with Gasteiger partial charge in [0.05, 0.1) is 48.0 Å². The van der Waals surface area contributed by atoms with Crippen molar-refractivity contribution in [3.8, 4) is 29.9 Å². The summed E-state index contributed by atoms with van der Waals surface area (Å²) < 4.78 is 60.1. The van der Waals surface area contributed by atoms with Crippen molar-refractivity contribution in [3.63, 3.8) is 0 Å². The number of piperazine rings is 3. The van der Waals surface area contributed by atoms with Gasteiger partial charge in [-0.25, -0.2) is 19.7 Å². The Morgan fingerprint density at radius 3 is 1.24 bits per heavy atom. The van der Waals surface area contributed by atoms with Crippen molar-refractivity contribution in [2.45, 2.75) is 133 Å². The zero-order chi connectivity index (χ0) is 87.3. The largest absolute Gasteiger partial charge is 0.462 e. The normalized spacial score (nSPS) is 21.0. The zero-order valence-electron chi connectivity index (χ0n) is 71.8. The molecule has 652 valence electrons. The Morgan fingerprint density at radius 2 is 0.848 bits per heavy atom. The van der Waals surface area contributed by atoms with Crippen LogP contribution in [0.2, 0.25) is 0 Å². The first-order valence-corrected chi connectivity index (χ1v) is 43.5. The standard InChI is InChI=1S/C33H37N7O2.C33H39N7O2.C28H33F3N8O2/c1-4-9-31(41)40-19-18-39(21-26(40)20-34-2)32-28-15-17-38(30-14-7-11-24-10-5-6-13-27(24)30)22-29(28)35-33(36-32)42-23-25-12-8-16-37(25)3;1-4-31(41)40-19-18-39(21-26(40)20-34-2)32-28-15-17-38(30-14-9-11-24-10-5-6-13-27(24)30)22-29(28)35-33(36-32)42-23-25-12-7-8-16-37(25)3;1-4-25(40)39-13-12-38(16-20(39)14-32-2)26-21-8-11-37(24-7-9-33-15-22(24)28(29,30)31)17-23(21)34-27(35-26)41-18-19-6-5-10-36(19)3/h5-7,10-11,13-14,25-26H,8,12,15-23H2,1,3H3;4-6,9-11,13-14,25-26H,1,7-8,12,15-23H2,3H3;4,7,9,15,19-20H,1,5-6,8,10-14,16-18H2,3H3/t25-,26?;25-,26-;19-,20-/m000/s1.